The molecular weight excluding hydrogens is 390 g/mol. The second-order valence-corrected chi connectivity index (χ2v) is 8.77. The molecule has 2 bridgehead atoms. The molecule has 2 heterocycles. The molecule has 4 aliphatic rings. The van der Waals surface area contributed by atoms with Crippen molar-refractivity contribution in [1.82, 2.24) is 4.90 Å². The topological polar surface area (TPSA) is 123 Å². The first-order valence-corrected chi connectivity index (χ1v) is 10.2. The first kappa shape index (κ1) is 17.9. The van der Waals surface area contributed by atoms with Crippen molar-refractivity contribution >= 4 is 16.2 Å². The second-order valence-electron chi connectivity index (χ2n) is 7.75. The summed E-state index contributed by atoms with van der Waals surface area (Å²) in [5, 5.41) is 11.8. The van der Waals surface area contributed by atoms with Crippen LogP contribution in [0.1, 0.15) is 17.5 Å². The minimum atomic E-state index is -4.78. The van der Waals surface area contributed by atoms with Gasteiger partial charge in [-0.05, 0) is 38.6 Å². The summed E-state index contributed by atoms with van der Waals surface area (Å²) in [5.74, 6) is 0.125. The van der Waals surface area contributed by atoms with Crippen LogP contribution < -0.4 is 13.7 Å². The normalized spacial score (nSPS) is 35.4. The Morgan fingerprint density at radius 2 is 2.11 bits per heavy atom. The predicted octanol–water partition coefficient (Wildman–Crippen LogP) is 0.00580. The van der Waals surface area contributed by atoms with Crippen molar-refractivity contribution in [3.63, 3.8) is 0 Å². The highest BCUT2D eigenvalue weighted by Gasteiger charge is 2.72. The Morgan fingerprint density at radius 1 is 1.36 bits per heavy atom. The van der Waals surface area contributed by atoms with E-state index in [2.05, 4.69) is 0 Å². The van der Waals surface area contributed by atoms with E-state index in [1.807, 2.05) is 11.9 Å². The molecule has 1 saturated heterocycles. The van der Waals surface area contributed by atoms with Crippen molar-refractivity contribution in [2.24, 2.45) is 0 Å². The van der Waals surface area contributed by atoms with E-state index < -0.39 is 33.6 Å². The molecule has 10 heteroatoms. The van der Waals surface area contributed by atoms with Gasteiger partial charge in [-0.25, -0.2) is 0 Å². The Labute approximate surface area is 161 Å². The zero-order valence-corrected chi connectivity index (χ0v) is 16.0. The summed E-state index contributed by atoms with van der Waals surface area (Å²) in [6.45, 7) is 0.624. The fourth-order valence-electron chi connectivity index (χ4n) is 5.51. The van der Waals surface area contributed by atoms with Crippen LogP contribution in [0.4, 0.5) is 0 Å². The molecule has 2 N–H and O–H groups in total. The molecule has 0 amide bonds. The Morgan fingerprint density at radius 3 is 2.79 bits per heavy atom. The van der Waals surface area contributed by atoms with Crippen molar-refractivity contribution in [3.05, 3.63) is 29.3 Å². The lowest BCUT2D eigenvalue weighted by atomic mass is 9.51. The summed E-state index contributed by atoms with van der Waals surface area (Å²) in [5.41, 5.74) is -1.44. The van der Waals surface area contributed by atoms with E-state index in [-0.39, 0.29) is 23.7 Å². The summed E-state index contributed by atoms with van der Waals surface area (Å²) >= 11 is 0. The number of piperidine rings is 1. The van der Waals surface area contributed by atoms with Crippen LogP contribution >= 0.6 is 0 Å². The van der Waals surface area contributed by atoms with Gasteiger partial charge in [0, 0.05) is 23.2 Å². The molecule has 1 aromatic rings. The van der Waals surface area contributed by atoms with Crippen molar-refractivity contribution < 1.29 is 36.5 Å². The van der Waals surface area contributed by atoms with Crippen molar-refractivity contribution in [2.75, 3.05) is 20.7 Å². The highest BCUT2D eigenvalue weighted by molar-refractivity contribution is 7.81. The largest absolute Gasteiger partial charge is 0.493 e. The average molecular weight is 409 g/mol. The Balaban J connectivity index is 1.87. The summed E-state index contributed by atoms with van der Waals surface area (Å²) in [6.07, 6.45) is 2.63. The lowest BCUT2D eigenvalue weighted by Crippen LogP contribution is -2.74. The number of likely N-dealkylation sites (N-methyl/N-ethyl adjacent to an activating group) is 1. The van der Waals surface area contributed by atoms with E-state index in [9.17, 15) is 22.9 Å². The zero-order chi connectivity index (χ0) is 20.1. The number of hydrogen-bond acceptors (Lipinski definition) is 8. The van der Waals surface area contributed by atoms with E-state index >= 15 is 0 Å². The molecule has 150 valence electrons. The maximum Gasteiger partial charge on any atom is 0.446 e. The first-order chi connectivity index (χ1) is 13.1. The van der Waals surface area contributed by atoms with E-state index in [1.54, 1.807) is 0 Å². The number of nitrogens with zero attached hydrogens (tertiary/aromatic N) is 1. The van der Waals surface area contributed by atoms with Crippen molar-refractivity contribution in [3.8, 4) is 17.2 Å². The van der Waals surface area contributed by atoms with Crippen molar-refractivity contribution in [1.29, 1.82) is 0 Å². The van der Waals surface area contributed by atoms with E-state index in [1.165, 1.54) is 25.3 Å². The lowest BCUT2D eigenvalue weighted by molar-refractivity contribution is -0.151. The molecule has 2 aliphatic carbocycles. The van der Waals surface area contributed by atoms with Gasteiger partial charge in [0.1, 0.15) is 5.60 Å². The number of ketones is 1. The molecule has 2 aliphatic heterocycles. The molecular formula is C18H19NO8S. The minimum absolute atomic E-state index is 0.0916. The number of carbonyl (C=O) groups is 1. The van der Waals surface area contributed by atoms with Crippen LogP contribution in [0.25, 0.3) is 0 Å². The number of likely N-dealkylation sites (tertiary alicyclic amines) is 1. The van der Waals surface area contributed by atoms with E-state index in [0.29, 0.717) is 29.8 Å². The molecule has 0 saturated carbocycles. The molecule has 1 spiro atoms. The third-order valence-electron chi connectivity index (χ3n) is 6.63. The maximum absolute atomic E-state index is 12.7. The quantitative estimate of drug-likeness (QED) is 0.665. The highest BCUT2D eigenvalue weighted by atomic mass is 32.3. The van der Waals surface area contributed by atoms with E-state index in [0.717, 1.165) is 0 Å². The van der Waals surface area contributed by atoms with Gasteiger partial charge in [0.05, 0.1) is 12.5 Å². The van der Waals surface area contributed by atoms with Gasteiger partial charge in [0.15, 0.2) is 29.1 Å². The SMILES string of the molecule is COc1cc(OS(=O)(=O)O)c2c3c1O[C@H]1C(=O)C=C[C@@]4(O)[C@@H](C2)N(C)CC[C@]314. The van der Waals surface area contributed by atoms with Crippen LogP contribution in [-0.2, 0) is 27.0 Å². The van der Waals surface area contributed by atoms with Crippen LogP contribution in [0.3, 0.4) is 0 Å². The van der Waals surface area contributed by atoms with Gasteiger partial charge >= 0.3 is 10.4 Å². The smallest absolute Gasteiger partial charge is 0.446 e. The molecule has 0 unspecified atom stereocenters. The number of carbonyl (C=O) groups excluding carboxylic acids is 1. The fraction of sp³-hybridized carbons (Fsp3) is 0.500. The summed E-state index contributed by atoms with van der Waals surface area (Å²) in [6, 6.07) is 0.903. The van der Waals surface area contributed by atoms with E-state index in [4.69, 9.17) is 13.7 Å². The molecule has 1 fully saturated rings. The van der Waals surface area contributed by atoms with Gasteiger partial charge in [-0.2, -0.15) is 8.42 Å². The fourth-order valence-corrected chi connectivity index (χ4v) is 5.88. The van der Waals surface area contributed by atoms with Crippen molar-refractivity contribution in [2.45, 2.75) is 36.0 Å². The maximum atomic E-state index is 12.7. The summed E-state index contributed by atoms with van der Waals surface area (Å²) < 4.78 is 48.3. The average Bonchev–Trinajstić information content (AvgIpc) is 2.96. The zero-order valence-electron chi connectivity index (χ0n) is 15.2. The highest BCUT2D eigenvalue weighted by Crippen LogP contribution is 2.64. The Kier molecular flexibility index (Phi) is 3.37. The van der Waals surface area contributed by atoms with Gasteiger partial charge < -0.3 is 18.8 Å². The number of ether oxygens (including phenoxy) is 2. The van der Waals surface area contributed by atoms with Crippen LogP contribution in [0.15, 0.2) is 18.2 Å². The van der Waals surface area contributed by atoms with Crippen LogP contribution in [-0.4, -0.2) is 67.2 Å². The molecule has 0 aromatic heterocycles. The molecule has 5 rings (SSSR count). The van der Waals surface area contributed by atoms with Gasteiger partial charge in [0.25, 0.3) is 0 Å². The van der Waals surface area contributed by atoms with Gasteiger partial charge in [-0.3, -0.25) is 14.2 Å². The number of benzene rings is 1. The third-order valence-corrected chi connectivity index (χ3v) is 7.02. The Hall–Kier alpha value is -2.14. The predicted molar refractivity (Wildman–Crippen MR) is 95.1 cm³/mol. The first-order valence-electron chi connectivity index (χ1n) is 8.86. The van der Waals surface area contributed by atoms with Gasteiger partial charge in [0.2, 0.25) is 0 Å². The standard InChI is InChI=1S/C18H19NO8S/c1-19-6-5-17-14-9-7-13(19)18(17,21)4-3-10(20)16(17)26-15(14)12(25-2)8-11(9)27-28(22,23)24/h3-4,8,13,16,21H,5-7H2,1-2H3,(H,22,23,24)/t13-,16+,17+,18-/m1/s1. The van der Waals surface area contributed by atoms with Gasteiger partial charge in [-0.1, -0.05) is 0 Å². The number of aliphatic hydroxyl groups is 1. The van der Waals surface area contributed by atoms with Crippen LogP contribution in [0, 0.1) is 0 Å². The second kappa shape index (κ2) is 5.26. The van der Waals surface area contributed by atoms with Gasteiger partial charge in [-0.15, -0.1) is 0 Å². The molecule has 9 nitrogen and oxygen atoms in total. The minimum Gasteiger partial charge on any atom is -0.493 e. The third kappa shape index (κ3) is 1.96. The molecule has 0 radical (unpaired) electrons. The molecule has 28 heavy (non-hydrogen) atoms. The number of rotatable bonds is 3. The lowest BCUT2D eigenvalue weighted by Gasteiger charge is -2.60. The summed E-state index contributed by atoms with van der Waals surface area (Å²) in [7, 11) is -1.54. The number of methoxy groups -OCH3 is 1. The Bertz CT molecular complexity index is 1050. The molecule has 1 aromatic carbocycles. The summed E-state index contributed by atoms with van der Waals surface area (Å²) in [4.78, 5) is 14.7. The van der Waals surface area contributed by atoms with Crippen LogP contribution in [0.5, 0.6) is 17.2 Å². The van der Waals surface area contributed by atoms with Crippen LogP contribution in [0.2, 0.25) is 0 Å². The number of hydrogen-bond donors (Lipinski definition) is 2. The molecule has 4 atom stereocenters. The monoisotopic (exact) mass is 409 g/mol.